The van der Waals surface area contributed by atoms with E-state index in [1.165, 1.54) is 6.07 Å². The molecule has 6 heteroatoms. The number of aryl methyl sites for hydroxylation is 1. The van der Waals surface area contributed by atoms with Crippen LogP contribution in [0.3, 0.4) is 0 Å². The maximum atomic E-state index is 12.1. The number of rotatable bonds is 2. The lowest BCUT2D eigenvalue weighted by atomic mass is 10.2. The van der Waals surface area contributed by atoms with Crippen LogP contribution in [-0.2, 0) is 0 Å². The van der Waals surface area contributed by atoms with Crippen molar-refractivity contribution in [3.8, 4) is 0 Å². The molecule has 0 unspecified atom stereocenters. The number of nitrogens with one attached hydrogen (secondary N) is 1. The molecule has 0 saturated heterocycles. The van der Waals surface area contributed by atoms with E-state index in [4.69, 9.17) is 23.2 Å². The monoisotopic (exact) mass is 358 g/mol. The molecule has 0 aliphatic heterocycles. The van der Waals surface area contributed by atoms with Gasteiger partial charge in [0, 0.05) is 15.7 Å². The molecular formula is C13H9BrCl2N2O. The van der Waals surface area contributed by atoms with Gasteiger partial charge in [0.1, 0.15) is 5.82 Å². The summed E-state index contributed by atoms with van der Waals surface area (Å²) in [5.41, 5.74) is 1.29. The second-order valence-electron chi connectivity index (χ2n) is 3.90. The minimum Gasteiger partial charge on any atom is -0.307 e. The lowest BCUT2D eigenvalue weighted by molar-refractivity contribution is 0.102. The zero-order valence-corrected chi connectivity index (χ0v) is 13.0. The molecule has 2 rings (SSSR count). The lowest BCUT2D eigenvalue weighted by Crippen LogP contribution is -2.13. The second kappa shape index (κ2) is 5.90. The van der Waals surface area contributed by atoms with Gasteiger partial charge in [0.15, 0.2) is 0 Å². The molecular weight excluding hydrogens is 351 g/mol. The number of amides is 1. The van der Waals surface area contributed by atoms with Crippen molar-refractivity contribution in [1.82, 2.24) is 4.98 Å². The van der Waals surface area contributed by atoms with E-state index in [-0.39, 0.29) is 5.91 Å². The Hall–Kier alpha value is -1.10. The first kappa shape index (κ1) is 14.3. The molecule has 1 heterocycles. The van der Waals surface area contributed by atoms with E-state index in [1.807, 2.05) is 6.92 Å². The molecule has 1 aromatic heterocycles. The Morgan fingerprint density at radius 1 is 1.32 bits per heavy atom. The Balaban J connectivity index is 2.25. The van der Waals surface area contributed by atoms with Crippen molar-refractivity contribution >= 4 is 50.9 Å². The van der Waals surface area contributed by atoms with Crippen molar-refractivity contribution in [2.45, 2.75) is 6.92 Å². The van der Waals surface area contributed by atoms with Crippen LogP contribution in [0, 0.1) is 6.92 Å². The van der Waals surface area contributed by atoms with E-state index in [2.05, 4.69) is 26.2 Å². The van der Waals surface area contributed by atoms with Gasteiger partial charge in [-0.3, -0.25) is 4.79 Å². The third kappa shape index (κ3) is 3.47. The highest BCUT2D eigenvalue weighted by Crippen LogP contribution is 2.22. The number of halogens is 3. The minimum absolute atomic E-state index is 0.316. The first-order valence-corrected chi connectivity index (χ1v) is 6.91. The fraction of sp³-hybridized carbons (Fsp3) is 0.0769. The van der Waals surface area contributed by atoms with Crippen LogP contribution in [0.4, 0.5) is 5.82 Å². The quantitative estimate of drug-likeness (QED) is 0.843. The highest BCUT2D eigenvalue weighted by Gasteiger charge is 2.12. The summed E-state index contributed by atoms with van der Waals surface area (Å²) in [6.45, 7) is 1.91. The topological polar surface area (TPSA) is 42.0 Å². The molecule has 19 heavy (non-hydrogen) atoms. The van der Waals surface area contributed by atoms with Gasteiger partial charge in [-0.2, -0.15) is 0 Å². The highest BCUT2D eigenvalue weighted by molar-refractivity contribution is 9.10. The second-order valence-corrected chi connectivity index (χ2v) is 5.59. The smallest absolute Gasteiger partial charge is 0.258 e. The standard InChI is InChI=1S/C13H9BrCl2N2O/c1-7-4-12(17-6-10(7)14)18-13(19)9-5-8(15)2-3-11(9)16/h2-6H,1H3,(H,17,18,19). The molecule has 2 aromatic rings. The van der Waals surface area contributed by atoms with Crippen LogP contribution in [0.25, 0.3) is 0 Å². The van der Waals surface area contributed by atoms with Gasteiger partial charge in [0.2, 0.25) is 0 Å². The van der Waals surface area contributed by atoms with Crippen molar-refractivity contribution in [1.29, 1.82) is 0 Å². The molecule has 0 aliphatic rings. The summed E-state index contributed by atoms with van der Waals surface area (Å²) in [4.78, 5) is 16.2. The Morgan fingerprint density at radius 3 is 2.74 bits per heavy atom. The Morgan fingerprint density at radius 2 is 2.05 bits per heavy atom. The fourth-order valence-electron chi connectivity index (χ4n) is 1.46. The number of hydrogen-bond acceptors (Lipinski definition) is 2. The first-order chi connectivity index (χ1) is 8.97. The third-order valence-corrected chi connectivity index (χ3v) is 3.86. The van der Waals surface area contributed by atoms with Crippen LogP contribution in [0.5, 0.6) is 0 Å². The third-order valence-electron chi connectivity index (χ3n) is 2.46. The van der Waals surface area contributed by atoms with Crippen LogP contribution in [0.15, 0.2) is 34.9 Å². The van der Waals surface area contributed by atoms with E-state index < -0.39 is 0 Å². The molecule has 0 atom stereocenters. The molecule has 0 radical (unpaired) electrons. The molecule has 0 bridgehead atoms. The zero-order valence-electron chi connectivity index (χ0n) is 9.88. The number of aromatic nitrogens is 1. The predicted molar refractivity (Wildman–Crippen MR) is 81.1 cm³/mol. The molecule has 3 nitrogen and oxygen atoms in total. The Kier molecular flexibility index (Phi) is 4.45. The summed E-state index contributed by atoms with van der Waals surface area (Å²) >= 11 is 15.2. The van der Waals surface area contributed by atoms with Crippen molar-refractivity contribution in [3.05, 3.63) is 56.1 Å². The summed E-state index contributed by atoms with van der Waals surface area (Å²) in [6, 6.07) is 6.49. The molecule has 1 aromatic carbocycles. The number of benzene rings is 1. The maximum Gasteiger partial charge on any atom is 0.258 e. The Labute approximate surface area is 129 Å². The van der Waals surface area contributed by atoms with Crippen LogP contribution in [-0.4, -0.2) is 10.9 Å². The highest BCUT2D eigenvalue weighted by atomic mass is 79.9. The van der Waals surface area contributed by atoms with Crippen LogP contribution in [0.2, 0.25) is 10.0 Å². The van der Waals surface area contributed by atoms with E-state index in [9.17, 15) is 4.79 Å². The lowest BCUT2D eigenvalue weighted by Gasteiger charge is -2.07. The largest absolute Gasteiger partial charge is 0.307 e. The van der Waals surface area contributed by atoms with Crippen molar-refractivity contribution in [3.63, 3.8) is 0 Å². The normalized spacial score (nSPS) is 10.3. The maximum absolute atomic E-state index is 12.1. The van der Waals surface area contributed by atoms with Crippen LogP contribution < -0.4 is 5.32 Å². The van der Waals surface area contributed by atoms with Gasteiger partial charge in [-0.15, -0.1) is 0 Å². The van der Waals surface area contributed by atoms with E-state index in [0.717, 1.165) is 10.0 Å². The Bertz CT molecular complexity index is 647. The van der Waals surface area contributed by atoms with Crippen molar-refractivity contribution in [2.24, 2.45) is 0 Å². The van der Waals surface area contributed by atoms with Gasteiger partial charge in [0.25, 0.3) is 5.91 Å². The molecule has 0 fully saturated rings. The summed E-state index contributed by atoms with van der Waals surface area (Å²) < 4.78 is 0.881. The van der Waals surface area contributed by atoms with E-state index >= 15 is 0 Å². The van der Waals surface area contributed by atoms with Crippen molar-refractivity contribution in [2.75, 3.05) is 5.32 Å². The molecule has 98 valence electrons. The van der Waals surface area contributed by atoms with Gasteiger partial charge >= 0.3 is 0 Å². The van der Waals surface area contributed by atoms with Gasteiger partial charge in [-0.25, -0.2) is 4.98 Å². The van der Waals surface area contributed by atoms with E-state index in [0.29, 0.717) is 21.4 Å². The average molecular weight is 360 g/mol. The van der Waals surface area contributed by atoms with Gasteiger partial charge < -0.3 is 5.32 Å². The first-order valence-electron chi connectivity index (χ1n) is 5.36. The number of anilines is 1. The molecule has 0 spiro atoms. The van der Waals surface area contributed by atoms with Gasteiger partial charge in [-0.05, 0) is 52.7 Å². The van der Waals surface area contributed by atoms with Crippen LogP contribution >= 0.6 is 39.1 Å². The fourth-order valence-corrected chi connectivity index (χ4v) is 2.06. The number of hydrogen-bond donors (Lipinski definition) is 1. The average Bonchev–Trinajstić information content (AvgIpc) is 2.36. The molecule has 1 amide bonds. The van der Waals surface area contributed by atoms with Gasteiger partial charge in [-0.1, -0.05) is 23.2 Å². The van der Waals surface area contributed by atoms with Gasteiger partial charge in [0.05, 0.1) is 10.6 Å². The predicted octanol–water partition coefficient (Wildman–Crippen LogP) is 4.71. The van der Waals surface area contributed by atoms with E-state index in [1.54, 1.807) is 24.4 Å². The van der Waals surface area contributed by atoms with Crippen molar-refractivity contribution < 1.29 is 4.79 Å². The summed E-state index contributed by atoms with van der Waals surface area (Å²) in [7, 11) is 0. The number of carbonyl (C=O) groups excluding carboxylic acids is 1. The molecule has 1 N–H and O–H groups in total. The molecule has 0 saturated carbocycles. The zero-order chi connectivity index (χ0) is 14.0. The number of nitrogens with zero attached hydrogens (tertiary/aromatic N) is 1. The SMILES string of the molecule is Cc1cc(NC(=O)c2cc(Cl)ccc2Cl)ncc1Br. The minimum atomic E-state index is -0.346. The molecule has 0 aliphatic carbocycles. The summed E-state index contributed by atoms with van der Waals surface area (Å²) in [6.07, 6.45) is 1.63. The number of carbonyl (C=O) groups is 1. The number of pyridine rings is 1. The van der Waals surface area contributed by atoms with Crippen LogP contribution in [0.1, 0.15) is 15.9 Å². The summed E-state index contributed by atoms with van der Waals surface area (Å²) in [5.74, 6) is 0.114. The summed E-state index contributed by atoms with van der Waals surface area (Å²) in [5, 5.41) is 3.48.